The van der Waals surface area contributed by atoms with E-state index in [-0.39, 0.29) is 23.2 Å². The second-order valence-electron chi connectivity index (χ2n) is 5.89. The van der Waals surface area contributed by atoms with Crippen molar-refractivity contribution >= 4 is 5.90 Å². The van der Waals surface area contributed by atoms with E-state index < -0.39 is 0 Å². The first kappa shape index (κ1) is 9.97. The van der Waals surface area contributed by atoms with Crippen LogP contribution in [0.15, 0.2) is 4.99 Å². The Labute approximate surface area is 85.5 Å². The molecule has 0 amide bonds. The van der Waals surface area contributed by atoms with E-state index in [9.17, 15) is 0 Å². The summed E-state index contributed by atoms with van der Waals surface area (Å²) in [7, 11) is 0. The third-order valence-corrected chi connectivity index (χ3v) is 2.57. The van der Waals surface area contributed by atoms with Crippen LogP contribution >= 0.6 is 0 Å². The maximum absolute atomic E-state index is 5.60. The summed E-state index contributed by atoms with van der Waals surface area (Å²) in [6, 6.07) is 0. The average molecular weight is 197 g/mol. The van der Waals surface area contributed by atoms with Gasteiger partial charge >= 0.3 is 0 Å². The molecule has 3 nitrogen and oxygen atoms in total. The Hall–Kier alpha value is -0.570. The summed E-state index contributed by atoms with van der Waals surface area (Å²) in [5, 5.41) is 0. The lowest BCUT2D eigenvalue weighted by Gasteiger charge is -2.13. The second kappa shape index (κ2) is 2.72. The van der Waals surface area contributed by atoms with Crippen molar-refractivity contribution in [2.45, 2.75) is 52.4 Å². The SMILES string of the molecule is CC1(C)COC([C@H]2O[C@H]2C(C)(C)C)=N1. The average Bonchev–Trinajstić information content (AvgIpc) is 2.70. The molecular formula is C11H19NO2. The molecule has 1 fully saturated rings. The van der Waals surface area contributed by atoms with Crippen molar-refractivity contribution in [1.29, 1.82) is 0 Å². The number of rotatable bonds is 1. The van der Waals surface area contributed by atoms with Gasteiger partial charge in [-0.15, -0.1) is 0 Å². The standard InChI is InChI=1S/C11H19NO2/c1-10(2,3)8-7(14-8)9-12-11(4,5)6-13-9/h7-8H,6H2,1-5H3/t7-,8+/m0/s1. The Bertz CT molecular complexity index is 276. The fourth-order valence-corrected chi connectivity index (χ4v) is 1.72. The molecule has 1 saturated heterocycles. The lowest BCUT2D eigenvalue weighted by molar-refractivity contribution is 0.254. The van der Waals surface area contributed by atoms with Gasteiger partial charge in [-0.2, -0.15) is 0 Å². The summed E-state index contributed by atoms with van der Waals surface area (Å²) in [6.45, 7) is 11.4. The second-order valence-corrected chi connectivity index (χ2v) is 5.89. The molecule has 2 aliphatic rings. The van der Waals surface area contributed by atoms with Gasteiger partial charge < -0.3 is 9.47 Å². The maximum atomic E-state index is 5.60. The van der Waals surface area contributed by atoms with Crippen molar-refractivity contribution in [3.63, 3.8) is 0 Å². The minimum atomic E-state index is -0.0658. The predicted octanol–water partition coefficient (Wildman–Crippen LogP) is 2.01. The molecule has 0 N–H and O–H groups in total. The zero-order valence-corrected chi connectivity index (χ0v) is 9.63. The molecule has 2 heterocycles. The van der Waals surface area contributed by atoms with Gasteiger partial charge in [0.25, 0.3) is 0 Å². The van der Waals surface area contributed by atoms with Gasteiger partial charge in [0.1, 0.15) is 6.61 Å². The van der Waals surface area contributed by atoms with E-state index >= 15 is 0 Å². The van der Waals surface area contributed by atoms with Crippen molar-refractivity contribution in [3.8, 4) is 0 Å². The summed E-state index contributed by atoms with van der Waals surface area (Å²) in [5.74, 6) is 0.801. The van der Waals surface area contributed by atoms with E-state index in [0.717, 1.165) is 5.90 Å². The Morgan fingerprint density at radius 1 is 1.36 bits per heavy atom. The van der Waals surface area contributed by atoms with Gasteiger partial charge in [-0.05, 0) is 19.3 Å². The Morgan fingerprint density at radius 2 is 2.00 bits per heavy atom. The molecule has 0 unspecified atom stereocenters. The van der Waals surface area contributed by atoms with Gasteiger partial charge in [-0.25, -0.2) is 4.99 Å². The first-order valence-corrected chi connectivity index (χ1v) is 5.18. The lowest BCUT2D eigenvalue weighted by Crippen LogP contribution is -2.20. The lowest BCUT2D eigenvalue weighted by atomic mass is 9.90. The summed E-state index contributed by atoms with van der Waals surface area (Å²) >= 11 is 0. The molecule has 0 saturated carbocycles. The highest BCUT2D eigenvalue weighted by atomic mass is 16.6. The summed E-state index contributed by atoms with van der Waals surface area (Å²) < 4.78 is 11.1. The van der Waals surface area contributed by atoms with Crippen LogP contribution in [-0.2, 0) is 9.47 Å². The van der Waals surface area contributed by atoms with Crippen molar-refractivity contribution in [2.24, 2.45) is 10.4 Å². The molecule has 0 aromatic rings. The van der Waals surface area contributed by atoms with Crippen molar-refractivity contribution < 1.29 is 9.47 Å². The molecule has 2 aliphatic heterocycles. The van der Waals surface area contributed by atoms with Crippen LogP contribution in [0.4, 0.5) is 0 Å². The number of aliphatic imine (C=N–C) groups is 1. The number of hydrogen-bond acceptors (Lipinski definition) is 3. The van der Waals surface area contributed by atoms with Gasteiger partial charge in [0.2, 0.25) is 5.90 Å². The molecular weight excluding hydrogens is 178 g/mol. The summed E-state index contributed by atoms with van der Waals surface area (Å²) in [6.07, 6.45) is 0.381. The Kier molecular flexibility index (Phi) is 1.94. The van der Waals surface area contributed by atoms with E-state index in [1.165, 1.54) is 0 Å². The first-order valence-electron chi connectivity index (χ1n) is 5.18. The van der Waals surface area contributed by atoms with Crippen molar-refractivity contribution in [3.05, 3.63) is 0 Å². The van der Waals surface area contributed by atoms with Crippen LogP contribution in [-0.4, -0.2) is 30.3 Å². The molecule has 2 rings (SSSR count). The quantitative estimate of drug-likeness (QED) is 0.602. The highest BCUT2D eigenvalue weighted by Gasteiger charge is 2.53. The third kappa shape index (κ3) is 1.78. The minimum Gasteiger partial charge on any atom is -0.476 e. The monoisotopic (exact) mass is 197 g/mol. The van der Waals surface area contributed by atoms with E-state index in [1.807, 2.05) is 0 Å². The normalized spacial score (nSPS) is 35.1. The van der Waals surface area contributed by atoms with Gasteiger partial charge in [0.05, 0.1) is 11.6 Å². The minimum absolute atomic E-state index is 0.0658. The Morgan fingerprint density at radius 3 is 2.36 bits per heavy atom. The summed E-state index contributed by atoms with van der Waals surface area (Å²) in [5.41, 5.74) is 0.118. The molecule has 3 heteroatoms. The van der Waals surface area contributed by atoms with Crippen LogP contribution in [0, 0.1) is 5.41 Å². The molecule has 0 radical (unpaired) electrons. The zero-order chi connectivity index (χ0) is 10.6. The molecule has 14 heavy (non-hydrogen) atoms. The number of ether oxygens (including phenoxy) is 2. The molecule has 0 aromatic carbocycles. The highest BCUT2D eigenvalue weighted by Crippen LogP contribution is 2.40. The smallest absolute Gasteiger partial charge is 0.216 e. The molecule has 0 aromatic heterocycles. The topological polar surface area (TPSA) is 34.1 Å². The first-order chi connectivity index (χ1) is 6.30. The molecule has 0 aliphatic carbocycles. The molecule has 2 atom stereocenters. The number of epoxide rings is 1. The molecule has 0 bridgehead atoms. The number of nitrogens with zero attached hydrogens (tertiary/aromatic N) is 1. The maximum Gasteiger partial charge on any atom is 0.216 e. The fraction of sp³-hybridized carbons (Fsp3) is 0.909. The van der Waals surface area contributed by atoms with Crippen LogP contribution in [0.2, 0.25) is 0 Å². The van der Waals surface area contributed by atoms with E-state index in [0.29, 0.717) is 6.61 Å². The van der Waals surface area contributed by atoms with Crippen molar-refractivity contribution in [1.82, 2.24) is 0 Å². The molecule has 0 spiro atoms. The van der Waals surface area contributed by atoms with E-state index in [2.05, 4.69) is 39.6 Å². The molecule has 80 valence electrons. The van der Waals surface area contributed by atoms with Crippen molar-refractivity contribution in [2.75, 3.05) is 6.61 Å². The van der Waals surface area contributed by atoms with Crippen LogP contribution < -0.4 is 0 Å². The van der Waals surface area contributed by atoms with Crippen LogP contribution in [0.25, 0.3) is 0 Å². The highest BCUT2D eigenvalue weighted by molar-refractivity contribution is 5.85. The van der Waals surface area contributed by atoms with Crippen LogP contribution in [0.3, 0.4) is 0 Å². The van der Waals surface area contributed by atoms with Crippen LogP contribution in [0.5, 0.6) is 0 Å². The van der Waals surface area contributed by atoms with E-state index in [1.54, 1.807) is 0 Å². The van der Waals surface area contributed by atoms with Gasteiger partial charge in [0, 0.05) is 0 Å². The van der Waals surface area contributed by atoms with E-state index in [4.69, 9.17) is 9.47 Å². The largest absolute Gasteiger partial charge is 0.476 e. The van der Waals surface area contributed by atoms with Gasteiger partial charge in [-0.1, -0.05) is 20.8 Å². The number of hydrogen-bond donors (Lipinski definition) is 0. The van der Waals surface area contributed by atoms with Gasteiger partial charge in [0.15, 0.2) is 6.10 Å². The zero-order valence-electron chi connectivity index (χ0n) is 9.63. The van der Waals surface area contributed by atoms with Crippen LogP contribution in [0.1, 0.15) is 34.6 Å². The Balaban J connectivity index is 2.02. The third-order valence-electron chi connectivity index (χ3n) is 2.57. The fourth-order valence-electron chi connectivity index (χ4n) is 1.72. The summed E-state index contributed by atoms with van der Waals surface area (Å²) in [4.78, 5) is 4.52. The predicted molar refractivity (Wildman–Crippen MR) is 55.6 cm³/mol. The van der Waals surface area contributed by atoms with Gasteiger partial charge in [-0.3, -0.25) is 0 Å².